The first kappa shape index (κ1) is 16.9. The Morgan fingerprint density at radius 3 is 2.65 bits per heavy atom. The standard InChI is InChI=1S/C13H24N2O4S/c1-4-5-13(11(16)17)6-7-15(9-13)12(18)14-10(2)8-20(3)19/h10H,4-9H2,1-3H3,(H,14,18)(H,16,17). The van der Waals surface area contributed by atoms with Crippen LogP contribution in [0.15, 0.2) is 0 Å². The molecule has 20 heavy (non-hydrogen) atoms. The van der Waals surface area contributed by atoms with Gasteiger partial charge >= 0.3 is 12.0 Å². The van der Waals surface area contributed by atoms with Crippen molar-refractivity contribution in [2.45, 2.75) is 39.2 Å². The lowest BCUT2D eigenvalue weighted by atomic mass is 9.83. The Bertz CT molecular complexity index is 402. The molecule has 0 spiro atoms. The number of amides is 2. The minimum atomic E-state index is -0.967. The van der Waals surface area contributed by atoms with E-state index in [1.807, 2.05) is 6.92 Å². The van der Waals surface area contributed by atoms with Crippen LogP contribution in [0.2, 0.25) is 0 Å². The minimum Gasteiger partial charge on any atom is -0.481 e. The molecule has 1 aliphatic rings. The normalized spacial score (nSPS) is 25.2. The first-order valence-corrected chi connectivity index (χ1v) is 8.62. The van der Waals surface area contributed by atoms with Crippen LogP contribution >= 0.6 is 0 Å². The van der Waals surface area contributed by atoms with E-state index in [1.54, 1.807) is 18.1 Å². The van der Waals surface area contributed by atoms with Gasteiger partial charge in [-0.15, -0.1) is 0 Å². The van der Waals surface area contributed by atoms with Gasteiger partial charge in [0.2, 0.25) is 0 Å². The second kappa shape index (κ2) is 7.06. The molecule has 0 aromatic rings. The SMILES string of the molecule is CCCC1(C(=O)O)CCN(C(=O)NC(C)CS(C)=O)C1. The molecule has 1 heterocycles. The van der Waals surface area contributed by atoms with Gasteiger partial charge in [-0.2, -0.15) is 0 Å². The van der Waals surface area contributed by atoms with Crippen molar-refractivity contribution >= 4 is 22.8 Å². The second-order valence-electron chi connectivity index (χ2n) is 5.60. The third kappa shape index (κ3) is 4.19. The zero-order valence-electron chi connectivity index (χ0n) is 12.3. The Hall–Kier alpha value is -1.11. The number of hydrogen-bond acceptors (Lipinski definition) is 3. The van der Waals surface area contributed by atoms with Crippen LogP contribution in [0.25, 0.3) is 0 Å². The largest absolute Gasteiger partial charge is 0.481 e. The Morgan fingerprint density at radius 2 is 2.15 bits per heavy atom. The number of aliphatic carboxylic acids is 1. The topological polar surface area (TPSA) is 86.7 Å². The lowest BCUT2D eigenvalue weighted by Gasteiger charge is -2.25. The molecule has 1 fully saturated rings. The first-order valence-electron chi connectivity index (χ1n) is 6.89. The average Bonchev–Trinajstić information content (AvgIpc) is 2.74. The zero-order valence-corrected chi connectivity index (χ0v) is 13.2. The van der Waals surface area contributed by atoms with Gasteiger partial charge in [-0.3, -0.25) is 9.00 Å². The molecule has 3 atom stereocenters. The molecule has 0 aromatic heterocycles. The molecule has 3 unspecified atom stereocenters. The number of carbonyl (C=O) groups excluding carboxylic acids is 1. The van der Waals surface area contributed by atoms with E-state index in [1.165, 1.54) is 0 Å². The molecule has 0 radical (unpaired) electrons. The highest BCUT2D eigenvalue weighted by molar-refractivity contribution is 7.84. The van der Waals surface area contributed by atoms with Crippen LogP contribution in [0.4, 0.5) is 4.79 Å². The fourth-order valence-electron chi connectivity index (χ4n) is 2.71. The number of rotatable bonds is 6. The van der Waals surface area contributed by atoms with Crippen LogP contribution in [0.5, 0.6) is 0 Å². The molecule has 2 amide bonds. The fraction of sp³-hybridized carbons (Fsp3) is 0.846. The quantitative estimate of drug-likeness (QED) is 0.767. The lowest BCUT2D eigenvalue weighted by Crippen LogP contribution is -2.46. The van der Waals surface area contributed by atoms with Gasteiger partial charge in [0.25, 0.3) is 0 Å². The highest BCUT2D eigenvalue weighted by Gasteiger charge is 2.45. The summed E-state index contributed by atoms with van der Waals surface area (Å²) >= 11 is 0. The smallest absolute Gasteiger partial charge is 0.317 e. The maximum Gasteiger partial charge on any atom is 0.317 e. The Balaban J connectivity index is 2.60. The van der Waals surface area contributed by atoms with E-state index < -0.39 is 22.2 Å². The summed E-state index contributed by atoms with van der Waals surface area (Å²) in [5.41, 5.74) is -0.803. The highest BCUT2D eigenvalue weighted by atomic mass is 32.2. The van der Waals surface area contributed by atoms with Crippen molar-refractivity contribution in [1.82, 2.24) is 10.2 Å². The van der Waals surface area contributed by atoms with Crippen molar-refractivity contribution < 1.29 is 18.9 Å². The van der Waals surface area contributed by atoms with Crippen molar-refractivity contribution in [3.63, 3.8) is 0 Å². The third-order valence-electron chi connectivity index (χ3n) is 3.68. The van der Waals surface area contributed by atoms with Crippen LogP contribution in [0, 0.1) is 5.41 Å². The molecular formula is C13H24N2O4S. The maximum absolute atomic E-state index is 12.1. The summed E-state index contributed by atoms with van der Waals surface area (Å²) in [7, 11) is -0.967. The van der Waals surface area contributed by atoms with Gasteiger partial charge in [-0.25, -0.2) is 4.79 Å². The number of carboxylic acids is 1. The maximum atomic E-state index is 12.1. The van der Waals surface area contributed by atoms with Crippen molar-refractivity contribution in [3.05, 3.63) is 0 Å². The molecule has 0 aliphatic carbocycles. The van der Waals surface area contributed by atoms with Crippen LogP contribution in [-0.2, 0) is 15.6 Å². The average molecular weight is 304 g/mol. The highest BCUT2D eigenvalue weighted by Crippen LogP contribution is 2.35. The molecule has 6 nitrogen and oxygen atoms in total. The molecule has 1 saturated heterocycles. The van der Waals surface area contributed by atoms with Crippen molar-refractivity contribution in [1.29, 1.82) is 0 Å². The van der Waals surface area contributed by atoms with Gasteiger partial charge in [-0.1, -0.05) is 13.3 Å². The van der Waals surface area contributed by atoms with Gasteiger partial charge in [0.1, 0.15) is 0 Å². The van der Waals surface area contributed by atoms with Crippen LogP contribution < -0.4 is 5.32 Å². The molecule has 1 rings (SSSR count). The molecule has 1 aliphatic heterocycles. The van der Waals surface area contributed by atoms with E-state index in [0.29, 0.717) is 25.1 Å². The first-order chi connectivity index (χ1) is 9.30. The number of carboxylic acid groups (broad SMARTS) is 1. The number of carbonyl (C=O) groups is 2. The minimum absolute atomic E-state index is 0.181. The summed E-state index contributed by atoms with van der Waals surface area (Å²) < 4.78 is 11.1. The van der Waals surface area contributed by atoms with Crippen molar-refractivity contribution in [3.8, 4) is 0 Å². The Labute approximate surface area is 122 Å². The summed E-state index contributed by atoms with van der Waals surface area (Å²) in [6, 6.07) is -0.443. The summed E-state index contributed by atoms with van der Waals surface area (Å²) in [5.74, 6) is -0.420. The summed E-state index contributed by atoms with van der Waals surface area (Å²) in [4.78, 5) is 25.1. The molecule has 0 aromatic carbocycles. The molecule has 0 saturated carbocycles. The molecule has 7 heteroatoms. The van der Waals surface area contributed by atoms with E-state index in [-0.39, 0.29) is 18.6 Å². The van der Waals surface area contributed by atoms with Crippen molar-refractivity contribution in [2.24, 2.45) is 5.41 Å². The van der Waals surface area contributed by atoms with E-state index in [2.05, 4.69) is 5.32 Å². The second-order valence-corrected chi connectivity index (χ2v) is 7.08. The number of hydrogen-bond donors (Lipinski definition) is 2. The lowest BCUT2D eigenvalue weighted by molar-refractivity contribution is -0.148. The summed E-state index contributed by atoms with van der Waals surface area (Å²) in [6.07, 6.45) is 3.46. The molecule has 116 valence electrons. The fourth-order valence-corrected chi connectivity index (χ4v) is 3.49. The Kier molecular flexibility index (Phi) is 5.98. The van der Waals surface area contributed by atoms with E-state index in [0.717, 1.165) is 6.42 Å². The monoisotopic (exact) mass is 304 g/mol. The predicted molar refractivity (Wildman–Crippen MR) is 78.1 cm³/mol. The van der Waals surface area contributed by atoms with E-state index in [9.17, 15) is 18.9 Å². The van der Waals surface area contributed by atoms with Crippen LogP contribution in [-0.4, -0.2) is 57.4 Å². The van der Waals surface area contributed by atoms with Gasteiger partial charge in [0, 0.05) is 41.9 Å². The Morgan fingerprint density at radius 1 is 1.50 bits per heavy atom. The number of likely N-dealkylation sites (tertiary alicyclic amines) is 1. The molecule has 2 N–H and O–H groups in total. The van der Waals surface area contributed by atoms with Crippen LogP contribution in [0.3, 0.4) is 0 Å². The van der Waals surface area contributed by atoms with Gasteiger partial charge in [0.15, 0.2) is 0 Å². The number of urea groups is 1. The van der Waals surface area contributed by atoms with Gasteiger partial charge < -0.3 is 15.3 Å². The number of nitrogens with zero attached hydrogens (tertiary/aromatic N) is 1. The van der Waals surface area contributed by atoms with E-state index >= 15 is 0 Å². The van der Waals surface area contributed by atoms with Gasteiger partial charge in [0.05, 0.1) is 5.41 Å². The van der Waals surface area contributed by atoms with Crippen molar-refractivity contribution in [2.75, 3.05) is 25.1 Å². The van der Waals surface area contributed by atoms with Crippen LogP contribution in [0.1, 0.15) is 33.1 Å². The molecule has 0 bridgehead atoms. The van der Waals surface area contributed by atoms with Gasteiger partial charge in [-0.05, 0) is 19.8 Å². The van der Waals surface area contributed by atoms with E-state index in [4.69, 9.17) is 0 Å². The number of nitrogens with one attached hydrogen (secondary N) is 1. The third-order valence-corrected chi connectivity index (χ3v) is 4.65. The predicted octanol–water partition coefficient (Wildman–Crippen LogP) is 1.04. The zero-order chi connectivity index (χ0) is 15.3. The summed E-state index contributed by atoms with van der Waals surface area (Å²) in [6.45, 7) is 4.46. The molecular weight excluding hydrogens is 280 g/mol. The summed E-state index contributed by atoms with van der Waals surface area (Å²) in [5, 5.41) is 12.2.